The van der Waals surface area contributed by atoms with Crippen LogP contribution in [-0.4, -0.2) is 5.91 Å². The summed E-state index contributed by atoms with van der Waals surface area (Å²) in [6, 6.07) is 51.4. The number of anilines is 1. The summed E-state index contributed by atoms with van der Waals surface area (Å²) in [5.74, 6) is 1.39. The van der Waals surface area contributed by atoms with Crippen molar-refractivity contribution in [2.45, 2.75) is 51.4 Å². The second-order valence-electron chi connectivity index (χ2n) is 13.2. The first-order valence-electron chi connectivity index (χ1n) is 17.8. The van der Waals surface area contributed by atoms with Crippen molar-refractivity contribution < 1.29 is 18.7 Å². The van der Waals surface area contributed by atoms with E-state index < -0.39 is 0 Å². The molecule has 1 amide bonds. The first-order valence-corrected chi connectivity index (χ1v) is 17.8. The van der Waals surface area contributed by atoms with Gasteiger partial charge in [-0.15, -0.1) is 0 Å². The van der Waals surface area contributed by atoms with E-state index in [1.165, 1.54) is 12.1 Å². The molecule has 7 rings (SSSR count). The molecular weight excluding hydrogens is 634 g/mol. The van der Waals surface area contributed by atoms with E-state index >= 15 is 0 Å². The van der Waals surface area contributed by atoms with Crippen LogP contribution in [0.4, 0.5) is 10.1 Å². The van der Waals surface area contributed by atoms with Gasteiger partial charge in [-0.25, -0.2) is 4.39 Å². The molecule has 6 aromatic rings. The van der Waals surface area contributed by atoms with Crippen LogP contribution in [0.5, 0.6) is 11.5 Å². The Morgan fingerprint density at radius 2 is 1.22 bits per heavy atom. The average molecular weight is 676 g/mol. The molecule has 1 fully saturated rings. The van der Waals surface area contributed by atoms with Gasteiger partial charge in [-0.05, 0) is 89.4 Å². The highest BCUT2D eigenvalue weighted by molar-refractivity contribution is 5.97. The Morgan fingerprint density at radius 1 is 0.608 bits per heavy atom. The zero-order valence-electron chi connectivity index (χ0n) is 28.7. The standard InChI is InChI=1S/C46H42FNO3/c47-40-24-20-34(21-25-40)12-10-11-19-39-30-45(49)48(41-26-22-38(23-27-41)37-17-8-3-9-18-37)46(39)43-29-28-42(50-32-35-13-4-1-5-14-35)31-44(43)51-33-36-15-6-2-7-16-36/h1-9,13-18,20-29,31,39,46H,10-12,19,30,32-33H2. The summed E-state index contributed by atoms with van der Waals surface area (Å²) in [6.45, 7) is 0.835. The maximum atomic E-state index is 14.1. The minimum Gasteiger partial charge on any atom is -0.489 e. The Balaban J connectivity index is 1.20. The third kappa shape index (κ3) is 8.56. The van der Waals surface area contributed by atoms with Crippen molar-refractivity contribution in [3.8, 4) is 22.6 Å². The minimum absolute atomic E-state index is 0.0784. The first-order chi connectivity index (χ1) is 25.1. The highest BCUT2D eigenvalue weighted by atomic mass is 19.1. The van der Waals surface area contributed by atoms with Crippen molar-refractivity contribution in [1.29, 1.82) is 0 Å². The molecule has 1 saturated heterocycles. The van der Waals surface area contributed by atoms with Gasteiger partial charge in [-0.3, -0.25) is 4.79 Å². The van der Waals surface area contributed by atoms with Crippen molar-refractivity contribution in [1.82, 2.24) is 0 Å². The lowest BCUT2D eigenvalue weighted by Crippen LogP contribution is -2.29. The quantitative estimate of drug-likeness (QED) is 0.108. The SMILES string of the molecule is O=C1CC(CCCCc2ccc(F)cc2)C(c2ccc(OCc3ccccc3)cc2OCc2ccccc2)N1c1ccc(-c2ccccc2)cc1. The van der Waals surface area contributed by atoms with Crippen LogP contribution in [0.3, 0.4) is 0 Å². The molecule has 0 radical (unpaired) electrons. The molecule has 1 aliphatic heterocycles. The van der Waals surface area contributed by atoms with Crippen LogP contribution in [0, 0.1) is 11.7 Å². The molecule has 0 aliphatic carbocycles. The Bertz CT molecular complexity index is 2000. The number of amides is 1. The molecule has 51 heavy (non-hydrogen) atoms. The van der Waals surface area contributed by atoms with Gasteiger partial charge in [0.1, 0.15) is 30.5 Å². The normalized spacial score (nSPS) is 15.5. The number of aryl methyl sites for hydroxylation is 1. The number of hydrogen-bond acceptors (Lipinski definition) is 3. The fraction of sp³-hybridized carbons (Fsp3) is 0.196. The van der Waals surface area contributed by atoms with Crippen molar-refractivity contribution in [3.63, 3.8) is 0 Å². The predicted octanol–water partition coefficient (Wildman–Crippen LogP) is 11.2. The lowest BCUT2D eigenvalue weighted by atomic mass is 9.88. The highest BCUT2D eigenvalue weighted by Crippen LogP contribution is 2.47. The van der Waals surface area contributed by atoms with Crippen LogP contribution in [0.25, 0.3) is 11.1 Å². The number of ether oxygens (including phenoxy) is 2. The molecule has 2 unspecified atom stereocenters. The maximum absolute atomic E-state index is 14.1. The smallest absolute Gasteiger partial charge is 0.227 e. The summed E-state index contributed by atoms with van der Waals surface area (Å²) in [6.07, 6.45) is 4.10. The summed E-state index contributed by atoms with van der Waals surface area (Å²) in [4.78, 5) is 16.0. The summed E-state index contributed by atoms with van der Waals surface area (Å²) in [7, 11) is 0. The highest BCUT2D eigenvalue weighted by Gasteiger charge is 2.42. The van der Waals surface area contributed by atoms with E-state index in [4.69, 9.17) is 9.47 Å². The lowest BCUT2D eigenvalue weighted by Gasteiger charge is -2.31. The predicted molar refractivity (Wildman–Crippen MR) is 202 cm³/mol. The van der Waals surface area contributed by atoms with E-state index in [0.29, 0.717) is 31.1 Å². The van der Waals surface area contributed by atoms with Gasteiger partial charge in [0.25, 0.3) is 0 Å². The number of rotatable bonds is 14. The van der Waals surface area contributed by atoms with Crippen LogP contribution in [0.15, 0.2) is 158 Å². The summed E-state index contributed by atoms with van der Waals surface area (Å²) in [5.41, 5.74) is 7.35. The number of hydrogen-bond donors (Lipinski definition) is 0. The third-order valence-corrected chi connectivity index (χ3v) is 9.68. The number of unbranched alkanes of at least 4 members (excludes halogenated alkanes) is 1. The van der Waals surface area contributed by atoms with E-state index in [2.05, 4.69) is 54.6 Å². The van der Waals surface area contributed by atoms with Crippen molar-refractivity contribution in [3.05, 3.63) is 186 Å². The zero-order chi connectivity index (χ0) is 34.8. The Labute approximate surface area is 300 Å². The van der Waals surface area contributed by atoms with E-state index in [9.17, 15) is 9.18 Å². The van der Waals surface area contributed by atoms with Gasteiger partial charge in [0.15, 0.2) is 0 Å². The Morgan fingerprint density at radius 3 is 1.88 bits per heavy atom. The molecule has 6 aromatic carbocycles. The van der Waals surface area contributed by atoms with Gasteiger partial charge in [0.2, 0.25) is 5.91 Å². The lowest BCUT2D eigenvalue weighted by molar-refractivity contribution is -0.117. The second-order valence-corrected chi connectivity index (χ2v) is 13.2. The van der Waals surface area contributed by atoms with E-state index in [1.807, 2.05) is 95.9 Å². The average Bonchev–Trinajstić information content (AvgIpc) is 3.51. The topological polar surface area (TPSA) is 38.8 Å². The number of nitrogens with zero attached hydrogens (tertiary/aromatic N) is 1. The molecule has 0 spiro atoms. The largest absolute Gasteiger partial charge is 0.489 e. The fourth-order valence-electron chi connectivity index (χ4n) is 7.04. The van der Waals surface area contributed by atoms with Crippen molar-refractivity contribution in [2.75, 3.05) is 4.90 Å². The van der Waals surface area contributed by atoms with Gasteiger partial charge >= 0.3 is 0 Å². The van der Waals surface area contributed by atoms with Crippen LogP contribution in [0.1, 0.15) is 54.0 Å². The fourth-order valence-corrected chi connectivity index (χ4v) is 7.04. The third-order valence-electron chi connectivity index (χ3n) is 9.68. The van der Waals surface area contributed by atoms with Gasteiger partial charge in [0.05, 0.1) is 6.04 Å². The van der Waals surface area contributed by atoms with Gasteiger partial charge in [0, 0.05) is 23.7 Å². The van der Waals surface area contributed by atoms with Crippen LogP contribution >= 0.6 is 0 Å². The Hall–Kier alpha value is -5.68. The van der Waals surface area contributed by atoms with Crippen molar-refractivity contribution >= 4 is 11.6 Å². The van der Waals surface area contributed by atoms with Crippen LogP contribution in [-0.2, 0) is 24.4 Å². The summed E-state index contributed by atoms with van der Waals surface area (Å²) >= 11 is 0. The molecule has 1 heterocycles. The van der Waals surface area contributed by atoms with Crippen LogP contribution in [0.2, 0.25) is 0 Å². The number of carbonyl (C=O) groups is 1. The molecule has 4 nitrogen and oxygen atoms in total. The van der Waals surface area contributed by atoms with E-state index in [0.717, 1.165) is 64.8 Å². The minimum atomic E-state index is -0.222. The van der Waals surface area contributed by atoms with E-state index in [-0.39, 0.29) is 23.7 Å². The van der Waals surface area contributed by atoms with Gasteiger partial charge in [-0.1, -0.05) is 122 Å². The maximum Gasteiger partial charge on any atom is 0.227 e. The summed E-state index contributed by atoms with van der Waals surface area (Å²) < 4.78 is 26.4. The Kier molecular flexibility index (Phi) is 10.8. The molecule has 5 heteroatoms. The number of carbonyl (C=O) groups excluding carboxylic acids is 1. The molecule has 0 bridgehead atoms. The first kappa shape index (κ1) is 33.8. The summed E-state index contributed by atoms with van der Waals surface area (Å²) in [5, 5.41) is 0. The van der Waals surface area contributed by atoms with E-state index in [1.54, 1.807) is 0 Å². The molecule has 0 N–H and O–H groups in total. The number of benzene rings is 6. The molecular formula is C46H42FNO3. The molecule has 2 atom stereocenters. The zero-order valence-corrected chi connectivity index (χ0v) is 28.7. The second kappa shape index (κ2) is 16.4. The van der Waals surface area contributed by atoms with Crippen LogP contribution < -0.4 is 14.4 Å². The molecule has 0 saturated carbocycles. The molecule has 0 aromatic heterocycles. The van der Waals surface area contributed by atoms with Gasteiger partial charge < -0.3 is 14.4 Å². The van der Waals surface area contributed by atoms with Crippen molar-refractivity contribution in [2.24, 2.45) is 5.92 Å². The molecule has 256 valence electrons. The molecule has 1 aliphatic rings. The van der Waals surface area contributed by atoms with Gasteiger partial charge in [-0.2, -0.15) is 0 Å². The monoisotopic (exact) mass is 675 g/mol. The number of halogens is 1.